The second-order valence-electron chi connectivity index (χ2n) is 6.80. The van der Waals surface area contributed by atoms with Crippen LogP contribution < -0.4 is 4.74 Å². The van der Waals surface area contributed by atoms with Gasteiger partial charge in [-0.15, -0.1) is 0 Å². The van der Waals surface area contributed by atoms with Crippen LogP contribution >= 0.6 is 11.6 Å². The normalized spacial score (nSPS) is 14.5. The molecule has 4 nitrogen and oxygen atoms in total. The summed E-state index contributed by atoms with van der Waals surface area (Å²) in [7, 11) is 0. The molecule has 146 valence electrons. The molecule has 28 heavy (non-hydrogen) atoms. The molecular weight excluding hydrogens is 384 g/mol. The third-order valence-corrected chi connectivity index (χ3v) is 5.12. The van der Waals surface area contributed by atoms with Gasteiger partial charge >= 0.3 is 0 Å². The van der Waals surface area contributed by atoms with Crippen LogP contribution in [0, 0.1) is 11.6 Å². The van der Waals surface area contributed by atoms with Crippen LogP contribution in [0.25, 0.3) is 16.9 Å². The van der Waals surface area contributed by atoms with Crippen LogP contribution in [0.15, 0.2) is 48.7 Å². The summed E-state index contributed by atoms with van der Waals surface area (Å²) in [6.45, 7) is 3.53. The Morgan fingerprint density at radius 1 is 1.04 bits per heavy atom. The van der Waals surface area contributed by atoms with E-state index >= 15 is 0 Å². The summed E-state index contributed by atoms with van der Waals surface area (Å²) in [5, 5.41) is 4.28. The van der Waals surface area contributed by atoms with Crippen molar-refractivity contribution in [1.82, 2.24) is 14.7 Å². The molecule has 1 aliphatic rings. The zero-order chi connectivity index (χ0) is 19.5. The Hall–Kier alpha value is -2.44. The minimum atomic E-state index is -0.501. The van der Waals surface area contributed by atoms with Crippen LogP contribution in [0.2, 0.25) is 5.02 Å². The fourth-order valence-corrected chi connectivity index (χ4v) is 3.61. The third kappa shape index (κ3) is 4.18. The molecule has 0 atom stereocenters. The van der Waals surface area contributed by atoms with Gasteiger partial charge in [-0.2, -0.15) is 5.10 Å². The Bertz CT molecular complexity index is 970. The Balaban J connectivity index is 1.56. The second-order valence-corrected chi connectivity index (χ2v) is 7.21. The molecule has 0 unspecified atom stereocenters. The Morgan fingerprint density at radius 3 is 2.64 bits per heavy atom. The number of likely N-dealkylation sites (tertiary alicyclic amines) is 1. The molecule has 0 bridgehead atoms. The zero-order valence-corrected chi connectivity index (χ0v) is 16.0. The zero-order valence-electron chi connectivity index (χ0n) is 15.2. The Morgan fingerprint density at radius 2 is 1.86 bits per heavy atom. The maximum absolute atomic E-state index is 14.2. The van der Waals surface area contributed by atoms with Gasteiger partial charge in [0.25, 0.3) is 0 Å². The summed E-state index contributed by atoms with van der Waals surface area (Å²) >= 11 is 5.89. The van der Waals surface area contributed by atoms with E-state index in [1.54, 1.807) is 29.1 Å². The number of aromatic nitrogens is 2. The number of nitrogens with zero attached hydrogens (tertiary/aromatic N) is 3. The van der Waals surface area contributed by atoms with Crippen molar-refractivity contribution in [2.24, 2.45) is 0 Å². The van der Waals surface area contributed by atoms with Gasteiger partial charge in [0.05, 0.1) is 22.6 Å². The first-order chi connectivity index (χ1) is 13.6. The third-order valence-electron chi connectivity index (χ3n) is 4.83. The number of hydrogen-bond acceptors (Lipinski definition) is 3. The number of halogens is 3. The van der Waals surface area contributed by atoms with E-state index < -0.39 is 11.6 Å². The van der Waals surface area contributed by atoms with Crippen molar-refractivity contribution < 1.29 is 13.5 Å². The molecule has 4 rings (SSSR count). The molecule has 7 heteroatoms. The topological polar surface area (TPSA) is 30.3 Å². The molecule has 1 fully saturated rings. The molecule has 0 N–H and O–H groups in total. The monoisotopic (exact) mass is 403 g/mol. The summed E-state index contributed by atoms with van der Waals surface area (Å²) in [5.74, 6) is -0.420. The first-order valence-electron chi connectivity index (χ1n) is 9.26. The molecule has 3 aromatic rings. The standard InChI is InChI=1S/C21H20ClF2N3O/c22-19-14-17(3-4-20(19)24)27-21(5-6-25-27)15-11-16(23)13-18(12-15)28-10-9-26-7-1-2-8-26/h3-6,11-14H,1-2,7-10H2. The van der Waals surface area contributed by atoms with Crippen LogP contribution in [-0.2, 0) is 0 Å². The van der Waals surface area contributed by atoms with E-state index in [4.69, 9.17) is 16.3 Å². The van der Waals surface area contributed by atoms with Crippen LogP contribution in [0.4, 0.5) is 8.78 Å². The van der Waals surface area contributed by atoms with Gasteiger partial charge < -0.3 is 4.74 Å². The van der Waals surface area contributed by atoms with E-state index in [9.17, 15) is 8.78 Å². The number of ether oxygens (including phenoxy) is 1. The van der Waals surface area contributed by atoms with Crippen LogP contribution in [-0.4, -0.2) is 40.9 Å². The maximum atomic E-state index is 14.2. The van der Waals surface area contributed by atoms with Gasteiger partial charge in [-0.3, -0.25) is 4.90 Å². The molecular formula is C21H20ClF2N3O. The highest BCUT2D eigenvalue weighted by Crippen LogP contribution is 2.28. The lowest BCUT2D eigenvalue weighted by atomic mass is 10.1. The smallest absolute Gasteiger partial charge is 0.141 e. The van der Waals surface area contributed by atoms with Crippen molar-refractivity contribution in [3.05, 3.63) is 65.3 Å². The van der Waals surface area contributed by atoms with Crippen molar-refractivity contribution in [1.29, 1.82) is 0 Å². The van der Waals surface area contributed by atoms with Gasteiger partial charge in [-0.05, 0) is 62.3 Å². The molecule has 0 aliphatic carbocycles. The molecule has 1 aromatic heterocycles. The van der Waals surface area contributed by atoms with Gasteiger partial charge in [0.2, 0.25) is 0 Å². The van der Waals surface area contributed by atoms with Crippen molar-refractivity contribution in [2.75, 3.05) is 26.2 Å². The van der Waals surface area contributed by atoms with E-state index in [-0.39, 0.29) is 5.02 Å². The lowest BCUT2D eigenvalue weighted by Gasteiger charge is -2.15. The predicted molar refractivity (Wildman–Crippen MR) is 105 cm³/mol. The minimum absolute atomic E-state index is 0.00382. The average Bonchev–Trinajstić information content (AvgIpc) is 3.35. The first-order valence-corrected chi connectivity index (χ1v) is 9.63. The highest BCUT2D eigenvalue weighted by molar-refractivity contribution is 6.30. The van der Waals surface area contributed by atoms with Crippen LogP contribution in [0.5, 0.6) is 5.75 Å². The van der Waals surface area contributed by atoms with E-state index in [2.05, 4.69) is 10.00 Å². The maximum Gasteiger partial charge on any atom is 0.141 e. The molecule has 0 saturated carbocycles. The van der Waals surface area contributed by atoms with Crippen LogP contribution in [0.3, 0.4) is 0 Å². The summed E-state index contributed by atoms with van der Waals surface area (Å²) in [5.41, 5.74) is 1.87. The molecule has 0 spiro atoms. The molecule has 2 aromatic carbocycles. The Labute approximate surface area is 167 Å². The van der Waals surface area contributed by atoms with Gasteiger partial charge in [-0.1, -0.05) is 11.6 Å². The van der Waals surface area contributed by atoms with E-state index in [1.165, 1.54) is 37.1 Å². The molecule has 1 aliphatic heterocycles. The van der Waals surface area contributed by atoms with Crippen molar-refractivity contribution in [3.63, 3.8) is 0 Å². The lowest BCUT2D eigenvalue weighted by Crippen LogP contribution is -2.25. The number of hydrogen-bond donors (Lipinski definition) is 0. The molecule has 0 amide bonds. The van der Waals surface area contributed by atoms with Gasteiger partial charge in [0, 0.05) is 18.2 Å². The summed E-state index contributed by atoms with van der Waals surface area (Å²) in [4.78, 5) is 2.34. The van der Waals surface area contributed by atoms with Crippen molar-refractivity contribution >= 4 is 11.6 Å². The SMILES string of the molecule is Fc1cc(OCCN2CCCC2)cc(-c2ccnn2-c2ccc(F)c(Cl)c2)c1. The summed E-state index contributed by atoms with van der Waals surface area (Å²) in [6, 6.07) is 10.7. The number of benzene rings is 2. The van der Waals surface area contributed by atoms with Crippen molar-refractivity contribution in [3.8, 4) is 22.7 Å². The largest absolute Gasteiger partial charge is 0.492 e. The highest BCUT2D eigenvalue weighted by atomic mass is 35.5. The fourth-order valence-electron chi connectivity index (χ4n) is 3.44. The quantitative estimate of drug-likeness (QED) is 0.583. The second kappa shape index (κ2) is 8.29. The lowest BCUT2D eigenvalue weighted by molar-refractivity contribution is 0.237. The number of rotatable bonds is 6. The predicted octanol–water partition coefficient (Wildman–Crippen LogP) is 4.95. The average molecular weight is 404 g/mol. The van der Waals surface area contributed by atoms with Gasteiger partial charge in [0.1, 0.15) is 24.0 Å². The Kier molecular flexibility index (Phi) is 5.59. The minimum Gasteiger partial charge on any atom is -0.492 e. The first kappa shape index (κ1) is 18.9. The fraction of sp³-hybridized carbons (Fsp3) is 0.286. The highest BCUT2D eigenvalue weighted by Gasteiger charge is 2.14. The van der Waals surface area contributed by atoms with E-state index in [0.717, 1.165) is 19.6 Å². The van der Waals surface area contributed by atoms with E-state index in [1.807, 2.05) is 0 Å². The molecule has 1 saturated heterocycles. The van der Waals surface area contributed by atoms with Gasteiger partial charge in [0.15, 0.2) is 0 Å². The summed E-state index contributed by atoms with van der Waals surface area (Å²) in [6.07, 6.45) is 4.05. The molecule has 2 heterocycles. The van der Waals surface area contributed by atoms with Gasteiger partial charge in [-0.25, -0.2) is 13.5 Å². The molecule has 0 radical (unpaired) electrons. The van der Waals surface area contributed by atoms with Crippen molar-refractivity contribution in [2.45, 2.75) is 12.8 Å². The summed E-state index contributed by atoms with van der Waals surface area (Å²) < 4.78 is 35.1. The van der Waals surface area contributed by atoms with Crippen LogP contribution in [0.1, 0.15) is 12.8 Å². The van der Waals surface area contributed by atoms with E-state index in [0.29, 0.717) is 29.3 Å².